The van der Waals surface area contributed by atoms with Crippen molar-refractivity contribution in [1.82, 2.24) is 9.80 Å². The van der Waals surface area contributed by atoms with Gasteiger partial charge in [-0.2, -0.15) is 13.2 Å². The number of hydrogen-bond donors (Lipinski definition) is 1. The van der Waals surface area contributed by atoms with Gasteiger partial charge < -0.3 is 10.2 Å². The van der Waals surface area contributed by atoms with Crippen LogP contribution in [0.5, 0.6) is 0 Å². The molecule has 4 nitrogen and oxygen atoms in total. The quantitative estimate of drug-likeness (QED) is 0.815. The summed E-state index contributed by atoms with van der Waals surface area (Å²) in [6.07, 6.45) is -4.60. The summed E-state index contributed by atoms with van der Waals surface area (Å²) in [5, 5.41) is 2.37. The van der Waals surface area contributed by atoms with Gasteiger partial charge in [-0.3, -0.25) is 9.69 Å². The molecule has 1 heterocycles. The predicted molar refractivity (Wildman–Crippen MR) is 103 cm³/mol. The lowest BCUT2D eigenvalue weighted by Gasteiger charge is -2.40. The first kappa shape index (κ1) is 20.6. The molecule has 28 heavy (non-hydrogen) atoms. The summed E-state index contributed by atoms with van der Waals surface area (Å²) in [6.45, 7) is 2.18. The Labute approximate surface area is 166 Å². The normalized spacial score (nSPS) is 18.8. The summed E-state index contributed by atoms with van der Waals surface area (Å²) in [4.78, 5) is 16.7. The van der Waals surface area contributed by atoms with Crippen molar-refractivity contribution in [2.24, 2.45) is 0 Å². The van der Waals surface area contributed by atoms with Crippen LogP contribution >= 0.6 is 11.6 Å². The molecule has 2 aromatic carbocycles. The molecule has 1 aliphatic rings. The monoisotopic (exact) mass is 411 g/mol. The van der Waals surface area contributed by atoms with E-state index >= 15 is 0 Å². The van der Waals surface area contributed by atoms with E-state index in [4.69, 9.17) is 11.6 Å². The SMILES string of the molecule is CN1CCN(CC(=O)Nc2ccc(Cl)cc2C(F)(F)F)C(c2ccccc2)C1. The molecule has 0 radical (unpaired) electrons. The molecule has 0 spiro atoms. The Bertz CT molecular complexity index is 829. The minimum atomic E-state index is -4.60. The van der Waals surface area contributed by atoms with Crippen LogP contribution in [0.15, 0.2) is 48.5 Å². The molecule has 3 rings (SSSR count). The van der Waals surface area contributed by atoms with Gasteiger partial charge in [-0.1, -0.05) is 41.9 Å². The van der Waals surface area contributed by atoms with Crippen molar-refractivity contribution in [3.8, 4) is 0 Å². The molecule has 150 valence electrons. The zero-order valence-electron chi connectivity index (χ0n) is 15.3. The highest BCUT2D eigenvalue weighted by atomic mass is 35.5. The molecule has 1 saturated heterocycles. The number of alkyl halides is 3. The fourth-order valence-corrected chi connectivity index (χ4v) is 3.54. The second-order valence-corrected chi connectivity index (χ2v) is 7.33. The van der Waals surface area contributed by atoms with Crippen LogP contribution in [0, 0.1) is 0 Å². The van der Waals surface area contributed by atoms with Gasteiger partial charge in [-0.25, -0.2) is 0 Å². The van der Waals surface area contributed by atoms with E-state index in [1.807, 2.05) is 42.3 Å². The van der Waals surface area contributed by atoms with Gasteiger partial charge in [-0.05, 0) is 30.8 Å². The molecular weight excluding hydrogens is 391 g/mol. The zero-order chi connectivity index (χ0) is 20.3. The van der Waals surface area contributed by atoms with Crippen LogP contribution in [0.4, 0.5) is 18.9 Å². The molecule has 0 aliphatic carbocycles. The van der Waals surface area contributed by atoms with Crippen LogP contribution in [0.25, 0.3) is 0 Å². The number of nitrogens with zero attached hydrogens (tertiary/aromatic N) is 2. The predicted octanol–water partition coefficient (Wildman–Crippen LogP) is 4.29. The summed E-state index contributed by atoms with van der Waals surface area (Å²) < 4.78 is 39.7. The summed E-state index contributed by atoms with van der Waals surface area (Å²) in [5.41, 5.74) is -0.164. The number of carbonyl (C=O) groups is 1. The summed E-state index contributed by atoms with van der Waals surface area (Å²) in [7, 11) is 2.01. The molecule has 2 aromatic rings. The highest BCUT2D eigenvalue weighted by Gasteiger charge is 2.35. The third kappa shape index (κ3) is 5.04. The Morgan fingerprint density at radius 3 is 2.57 bits per heavy atom. The molecule has 1 N–H and O–H groups in total. The van der Waals surface area contributed by atoms with Crippen molar-refractivity contribution < 1.29 is 18.0 Å². The Balaban J connectivity index is 1.75. The highest BCUT2D eigenvalue weighted by molar-refractivity contribution is 6.30. The first-order chi connectivity index (χ1) is 13.2. The van der Waals surface area contributed by atoms with Crippen molar-refractivity contribution in [1.29, 1.82) is 0 Å². The number of carbonyl (C=O) groups excluding carboxylic acids is 1. The van der Waals surface area contributed by atoms with E-state index in [0.29, 0.717) is 6.54 Å². The van der Waals surface area contributed by atoms with Crippen LogP contribution in [-0.2, 0) is 11.0 Å². The van der Waals surface area contributed by atoms with Crippen LogP contribution in [0.1, 0.15) is 17.2 Å². The van der Waals surface area contributed by atoms with Crippen molar-refractivity contribution in [3.63, 3.8) is 0 Å². The molecule has 1 fully saturated rings. The molecule has 0 bridgehead atoms. The van der Waals surface area contributed by atoms with Gasteiger partial charge >= 0.3 is 6.18 Å². The number of halogens is 4. The van der Waals surface area contributed by atoms with Crippen LogP contribution in [0.3, 0.4) is 0 Å². The Kier molecular flexibility index (Phi) is 6.27. The number of anilines is 1. The second-order valence-electron chi connectivity index (χ2n) is 6.90. The van der Waals surface area contributed by atoms with Gasteiger partial charge in [0.2, 0.25) is 5.91 Å². The maximum Gasteiger partial charge on any atom is 0.418 e. The summed E-state index contributed by atoms with van der Waals surface area (Å²) >= 11 is 5.69. The van der Waals surface area contributed by atoms with Gasteiger partial charge in [-0.15, -0.1) is 0 Å². The lowest BCUT2D eigenvalue weighted by Crippen LogP contribution is -2.49. The fourth-order valence-electron chi connectivity index (χ4n) is 3.37. The molecule has 0 aromatic heterocycles. The molecule has 1 amide bonds. The Morgan fingerprint density at radius 1 is 1.18 bits per heavy atom. The number of piperazine rings is 1. The maximum atomic E-state index is 13.2. The van der Waals surface area contributed by atoms with Gasteiger partial charge in [0, 0.05) is 30.7 Å². The topological polar surface area (TPSA) is 35.6 Å². The van der Waals surface area contributed by atoms with E-state index in [-0.39, 0.29) is 23.3 Å². The van der Waals surface area contributed by atoms with Crippen molar-refractivity contribution in [2.45, 2.75) is 12.2 Å². The smallest absolute Gasteiger partial charge is 0.324 e. The van der Waals surface area contributed by atoms with E-state index in [9.17, 15) is 18.0 Å². The molecule has 8 heteroatoms. The Hall–Kier alpha value is -2.09. The molecule has 1 atom stereocenters. The number of likely N-dealkylation sites (N-methyl/N-ethyl adjacent to an activating group) is 1. The summed E-state index contributed by atoms with van der Waals surface area (Å²) in [6, 6.07) is 13.1. The van der Waals surface area contributed by atoms with Crippen LogP contribution in [0.2, 0.25) is 5.02 Å². The standard InChI is InChI=1S/C20H21ClF3N3O/c1-26-9-10-27(18(12-26)14-5-3-2-4-6-14)13-19(28)25-17-8-7-15(21)11-16(17)20(22,23)24/h2-8,11,18H,9-10,12-13H2,1H3,(H,25,28). The number of amides is 1. The average Bonchev–Trinajstić information content (AvgIpc) is 2.64. The minimum absolute atomic E-state index is 0.00185. The average molecular weight is 412 g/mol. The number of hydrogen-bond acceptors (Lipinski definition) is 3. The second kappa shape index (κ2) is 8.51. The number of rotatable bonds is 4. The lowest BCUT2D eigenvalue weighted by atomic mass is 10.0. The van der Waals surface area contributed by atoms with Crippen LogP contribution < -0.4 is 5.32 Å². The van der Waals surface area contributed by atoms with Crippen molar-refractivity contribution >= 4 is 23.2 Å². The van der Waals surface area contributed by atoms with E-state index in [0.717, 1.165) is 24.7 Å². The third-order valence-corrected chi connectivity index (χ3v) is 5.02. The van der Waals surface area contributed by atoms with E-state index in [1.165, 1.54) is 12.1 Å². The van der Waals surface area contributed by atoms with Gasteiger partial charge in [0.15, 0.2) is 0 Å². The van der Waals surface area contributed by atoms with Gasteiger partial charge in [0.25, 0.3) is 0 Å². The maximum absolute atomic E-state index is 13.2. The molecular formula is C20H21ClF3N3O. The van der Waals surface area contributed by atoms with Gasteiger partial charge in [0.05, 0.1) is 17.8 Å². The number of benzene rings is 2. The van der Waals surface area contributed by atoms with Gasteiger partial charge in [0.1, 0.15) is 0 Å². The zero-order valence-corrected chi connectivity index (χ0v) is 16.1. The molecule has 1 unspecified atom stereocenters. The van der Waals surface area contributed by atoms with E-state index < -0.39 is 17.6 Å². The molecule has 1 aliphatic heterocycles. The summed E-state index contributed by atoms with van der Waals surface area (Å²) in [5.74, 6) is -0.488. The molecule has 0 saturated carbocycles. The number of nitrogens with one attached hydrogen (secondary N) is 1. The van der Waals surface area contributed by atoms with E-state index in [2.05, 4.69) is 10.2 Å². The van der Waals surface area contributed by atoms with Crippen LogP contribution in [-0.4, -0.2) is 48.9 Å². The first-order valence-electron chi connectivity index (χ1n) is 8.88. The largest absolute Gasteiger partial charge is 0.418 e. The highest BCUT2D eigenvalue weighted by Crippen LogP contribution is 2.36. The Morgan fingerprint density at radius 2 is 1.89 bits per heavy atom. The van der Waals surface area contributed by atoms with Crippen molar-refractivity contribution in [2.75, 3.05) is 38.5 Å². The first-order valence-corrected chi connectivity index (χ1v) is 9.26. The van der Waals surface area contributed by atoms with E-state index in [1.54, 1.807) is 0 Å². The third-order valence-electron chi connectivity index (χ3n) is 4.79. The fraction of sp³-hybridized carbons (Fsp3) is 0.350. The lowest BCUT2D eigenvalue weighted by molar-refractivity contribution is -0.137. The van der Waals surface area contributed by atoms with Crippen molar-refractivity contribution in [3.05, 3.63) is 64.7 Å². The minimum Gasteiger partial charge on any atom is -0.324 e.